The van der Waals surface area contributed by atoms with Crippen molar-refractivity contribution in [3.63, 3.8) is 0 Å². The monoisotopic (exact) mass is 326 g/mol. The molecule has 0 amide bonds. The number of thiophene rings is 1. The molecule has 0 aliphatic rings. The van der Waals surface area contributed by atoms with Crippen LogP contribution in [-0.2, 0) is 16.6 Å². The minimum atomic E-state index is -3.71. The zero-order chi connectivity index (χ0) is 15.5. The first-order valence-corrected chi connectivity index (χ1v) is 8.49. The molecule has 0 saturated carbocycles. The molecule has 0 saturated heterocycles. The summed E-state index contributed by atoms with van der Waals surface area (Å²) in [5.74, 6) is -1.14. The van der Waals surface area contributed by atoms with Gasteiger partial charge in [0.15, 0.2) is 0 Å². The van der Waals surface area contributed by atoms with Gasteiger partial charge < -0.3 is 5.11 Å². The van der Waals surface area contributed by atoms with Gasteiger partial charge in [-0.05, 0) is 18.2 Å². The third-order valence-electron chi connectivity index (χ3n) is 2.83. The second-order valence-electron chi connectivity index (χ2n) is 4.21. The van der Waals surface area contributed by atoms with Gasteiger partial charge in [-0.3, -0.25) is 4.98 Å². The van der Waals surface area contributed by atoms with Crippen molar-refractivity contribution in [2.24, 2.45) is 0 Å². The van der Waals surface area contributed by atoms with Gasteiger partial charge in [0.25, 0.3) is 10.0 Å². The maximum Gasteiger partial charge on any atom is 0.336 e. The van der Waals surface area contributed by atoms with Gasteiger partial charge >= 0.3 is 5.97 Å². The van der Waals surface area contributed by atoms with E-state index in [0.29, 0.717) is 5.69 Å². The van der Waals surface area contributed by atoms with E-state index in [1.807, 2.05) is 0 Å². The standard InChI is InChI=1S/C13H14N2O4S2/c1-2-15(8-11-5-3-4-6-14-11)21(18,19)12-7-10(9-20-12)13(16)17/h3-7,9H,2,8H2,1H3,(H,16,17). The molecule has 0 unspecified atom stereocenters. The lowest BCUT2D eigenvalue weighted by Crippen LogP contribution is -2.30. The zero-order valence-electron chi connectivity index (χ0n) is 11.3. The second kappa shape index (κ2) is 6.33. The molecule has 2 heterocycles. The largest absolute Gasteiger partial charge is 0.478 e. The van der Waals surface area contributed by atoms with Crippen LogP contribution in [-0.4, -0.2) is 35.3 Å². The molecule has 2 aromatic rings. The van der Waals surface area contributed by atoms with E-state index in [1.165, 1.54) is 15.8 Å². The number of aromatic nitrogens is 1. The van der Waals surface area contributed by atoms with E-state index in [4.69, 9.17) is 5.11 Å². The summed E-state index contributed by atoms with van der Waals surface area (Å²) in [6.07, 6.45) is 1.60. The van der Waals surface area contributed by atoms with Gasteiger partial charge in [-0.1, -0.05) is 13.0 Å². The maximum atomic E-state index is 12.5. The highest BCUT2D eigenvalue weighted by molar-refractivity contribution is 7.91. The predicted octanol–water partition coefficient (Wildman–Crippen LogP) is 2.05. The van der Waals surface area contributed by atoms with E-state index < -0.39 is 16.0 Å². The highest BCUT2D eigenvalue weighted by atomic mass is 32.2. The highest BCUT2D eigenvalue weighted by Gasteiger charge is 2.26. The summed E-state index contributed by atoms with van der Waals surface area (Å²) in [6.45, 7) is 2.16. The molecule has 0 aromatic carbocycles. The second-order valence-corrected chi connectivity index (χ2v) is 7.29. The zero-order valence-corrected chi connectivity index (χ0v) is 12.9. The van der Waals surface area contributed by atoms with E-state index in [0.717, 1.165) is 11.3 Å². The van der Waals surface area contributed by atoms with Crippen molar-refractivity contribution in [3.05, 3.63) is 47.1 Å². The van der Waals surface area contributed by atoms with Crippen LogP contribution in [0.4, 0.5) is 0 Å². The molecule has 0 fully saturated rings. The molecule has 8 heteroatoms. The first kappa shape index (κ1) is 15.6. The number of pyridine rings is 1. The highest BCUT2D eigenvalue weighted by Crippen LogP contribution is 2.24. The van der Waals surface area contributed by atoms with Crippen molar-refractivity contribution in [3.8, 4) is 0 Å². The molecule has 112 valence electrons. The summed E-state index contributed by atoms with van der Waals surface area (Å²) < 4.78 is 26.3. The van der Waals surface area contributed by atoms with Crippen molar-refractivity contribution < 1.29 is 18.3 Å². The van der Waals surface area contributed by atoms with E-state index in [-0.39, 0.29) is 22.9 Å². The Morgan fingerprint density at radius 2 is 2.19 bits per heavy atom. The van der Waals surface area contributed by atoms with E-state index in [2.05, 4.69) is 4.98 Å². The third-order valence-corrected chi connectivity index (χ3v) is 6.17. The Bertz CT molecular complexity index is 726. The fourth-order valence-corrected chi connectivity index (χ4v) is 4.46. The van der Waals surface area contributed by atoms with Gasteiger partial charge in [-0.15, -0.1) is 11.3 Å². The summed E-state index contributed by atoms with van der Waals surface area (Å²) in [5.41, 5.74) is 0.616. The average molecular weight is 326 g/mol. The molecule has 6 nitrogen and oxygen atoms in total. The minimum absolute atomic E-state index is 0.0209. The van der Waals surface area contributed by atoms with Crippen LogP contribution >= 0.6 is 11.3 Å². The molecule has 0 aliphatic heterocycles. The van der Waals surface area contributed by atoms with Crippen molar-refractivity contribution >= 4 is 27.3 Å². The van der Waals surface area contributed by atoms with Crippen LogP contribution in [0.15, 0.2) is 40.1 Å². The third kappa shape index (κ3) is 3.46. The molecular weight excluding hydrogens is 312 g/mol. The minimum Gasteiger partial charge on any atom is -0.478 e. The number of sulfonamides is 1. The Morgan fingerprint density at radius 1 is 1.43 bits per heavy atom. The van der Waals surface area contributed by atoms with Gasteiger partial charge in [0.05, 0.1) is 17.8 Å². The summed E-state index contributed by atoms with van der Waals surface area (Å²) in [7, 11) is -3.71. The average Bonchev–Trinajstić information content (AvgIpc) is 2.96. The Kier molecular flexibility index (Phi) is 4.71. The molecule has 2 rings (SSSR count). The SMILES string of the molecule is CCN(Cc1ccccn1)S(=O)(=O)c1cc(C(=O)O)cs1. The molecule has 0 atom stereocenters. The van der Waals surface area contributed by atoms with Gasteiger partial charge in [0.1, 0.15) is 4.21 Å². The van der Waals surface area contributed by atoms with Gasteiger partial charge in [0.2, 0.25) is 0 Å². The molecule has 0 spiro atoms. The maximum absolute atomic E-state index is 12.5. The summed E-state index contributed by atoms with van der Waals surface area (Å²) in [6, 6.07) is 6.47. The Hall–Kier alpha value is -1.77. The molecule has 0 bridgehead atoms. The lowest BCUT2D eigenvalue weighted by molar-refractivity contribution is 0.0697. The number of carboxylic acid groups (broad SMARTS) is 1. The van der Waals surface area contributed by atoms with Crippen molar-refractivity contribution in [2.45, 2.75) is 17.7 Å². The molecular formula is C13H14N2O4S2. The number of carbonyl (C=O) groups is 1. The number of rotatable bonds is 6. The van der Waals surface area contributed by atoms with E-state index >= 15 is 0 Å². The normalized spacial score (nSPS) is 11.7. The van der Waals surface area contributed by atoms with Gasteiger partial charge in [-0.25, -0.2) is 13.2 Å². The number of carboxylic acids is 1. The molecule has 0 aliphatic carbocycles. The molecule has 1 N–H and O–H groups in total. The number of nitrogens with zero attached hydrogens (tertiary/aromatic N) is 2. The Balaban J connectivity index is 2.28. The Labute approximate surface area is 126 Å². The lowest BCUT2D eigenvalue weighted by atomic mass is 10.3. The van der Waals surface area contributed by atoms with Crippen LogP contribution in [0.25, 0.3) is 0 Å². The molecule has 21 heavy (non-hydrogen) atoms. The van der Waals surface area contributed by atoms with E-state index in [1.54, 1.807) is 31.3 Å². The fourth-order valence-electron chi connectivity index (χ4n) is 1.73. The van der Waals surface area contributed by atoms with Crippen molar-refractivity contribution in [1.82, 2.24) is 9.29 Å². The number of aromatic carboxylic acids is 1. The summed E-state index contributed by atoms with van der Waals surface area (Å²) in [5, 5.41) is 10.2. The van der Waals surface area contributed by atoms with Crippen LogP contribution in [0.5, 0.6) is 0 Å². The fraction of sp³-hybridized carbons (Fsp3) is 0.231. The Morgan fingerprint density at radius 3 is 2.71 bits per heavy atom. The van der Waals surface area contributed by atoms with E-state index in [9.17, 15) is 13.2 Å². The van der Waals surface area contributed by atoms with Gasteiger partial charge in [0, 0.05) is 18.1 Å². The number of hydrogen-bond acceptors (Lipinski definition) is 5. The van der Waals surface area contributed by atoms with Gasteiger partial charge in [-0.2, -0.15) is 4.31 Å². The summed E-state index contributed by atoms with van der Waals surface area (Å²) in [4.78, 5) is 15.0. The van der Waals surface area contributed by atoms with Crippen LogP contribution < -0.4 is 0 Å². The molecule has 2 aromatic heterocycles. The predicted molar refractivity (Wildman–Crippen MR) is 78.8 cm³/mol. The van der Waals surface area contributed by atoms with Crippen molar-refractivity contribution in [2.75, 3.05) is 6.54 Å². The topological polar surface area (TPSA) is 87.6 Å². The van der Waals surface area contributed by atoms with Crippen molar-refractivity contribution in [1.29, 1.82) is 0 Å². The van der Waals surface area contributed by atoms with Crippen LogP contribution in [0.3, 0.4) is 0 Å². The smallest absolute Gasteiger partial charge is 0.336 e. The summed E-state index contributed by atoms with van der Waals surface area (Å²) >= 11 is 0.908. The lowest BCUT2D eigenvalue weighted by Gasteiger charge is -2.18. The first-order valence-electron chi connectivity index (χ1n) is 6.17. The van der Waals surface area contributed by atoms with Crippen LogP contribution in [0.1, 0.15) is 23.0 Å². The molecule has 0 radical (unpaired) electrons. The first-order chi connectivity index (χ1) is 9.95. The van der Waals surface area contributed by atoms with Crippen LogP contribution in [0.2, 0.25) is 0 Å². The quantitative estimate of drug-likeness (QED) is 0.878. The number of hydrogen-bond donors (Lipinski definition) is 1. The van der Waals surface area contributed by atoms with Crippen LogP contribution in [0, 0.1) is 0 Å².